The summed E-state index contributed by atoms with van der Waals surface area (Å²) < 4.78 is 8.19. The molecule has 0 saturated carbocycles. The Balaban J connectivity index is 2.79. The second kappa shape index (κ2) is 6.07. The van der Waals surface area contributed by atoms with Gasteiger partial charge in [0.15, 0.2) is 0 Å². The number of benzene rings is 1. The van der Waals surface area contributed by atoms with E-state index >= 15 is 0 Å². The van der Waals surface area contributed by atoms with E-state index in [0.29, 0.717) is 12.3 Å². The number of carboxylic acid groups (broad SMARTS) is 1. The maximum Gasteiger partial charge on any atom is 0.307 e. The Bertz CT molecular complexity index is 692. The molecule has 0 radical (unpaired) electrons. The van der Waals surface area contributed by atoms with E-state index in [0.717, 1.165) is 26.6 Å². The van der Waals surface area contributed by atoms with Gasteiger partial charge in [0, 0.05) is 30.2 Å². The van der Waals surface area contributed by atoms with Crippen LogP contribution in [0.25, 0.3) is 10.9 Å². The molecule has 0 aliphatic rings. The largest absolute Gasteiger partial charge is 0.496 e. The van der Waals surface area contributed by atoms with Crippen molar-refractivity contribution in [1.82, 2.24) is 9.47 Å². The topological polar surface area (TPSA) is 54.7 Å². The number of ether oxygens (including phenoxy) is 1. The van der Waals surface area contributed by atoms with E-state index in [9.17, 15) is 9.90 Å². The van der Waals surface area contributed by atoms with E-state index in [4.69, 9.17) is 4.74 Å². The Labute approximate surface area is 132 Å². The standard InChI is InChI=1S/C15H19BrN2O3/c1-17(2)8-11-9(7-13(19)20)14-10(18(11)3)5-6-12(21-4)15(14)16/h5-6H,7-8H2,1-4H3,(H,19,20). The first-order chi connectivity index (χ1) is 9.86. The molecule has 0 spiro atoms. The number of aryl methyl sites for hydroxylation is 1. The smallest absolute Gasteiger partial charge is 0.307 e. The van der Waals surface area contributed by atoms with Gasteiger partial charge in [0.1, 0.15) is 5.75 Å². The third kappa shape index (κ3) is 2.91. The molecule has 0 aliphatic heterocycles. The SMILES string of the molecule is COc1ccc2c(c1Br)c(CC(=O)O)c(CN(C)C)n2C. The molecule has 5 nitrogen and oxygen atoms in total. The highest BCUT2D eigenvalue weighted by Gasteiger charge is 2.21. The number of hydrogen-bond donors (Lipinski definition) is 1. The molecule has 114 valence electrons. The van der Waals surface area contributed by atoms with Crippen molar-refractivity contribution >= 4 is 32.8 Å². The highest BCUT2D eigenvalue weighted by molar-refractivity contribution is 9.10. The summed E-state index contributed by atoms with van der Waals surface area (Å²) in [5.74, 6) is -0.131. The monoisotopic (exact) mass is 354 g/mol. The Kier molecular flexibility index (Phi) is 4.58. The summed E-state index contributed by atoms with van der Waals surface area (Å²) in [4.78, 5) is 13.3. The molecule has 2 aromatic rings. The minimum atomic E-state index is -0.836. The lowest BCUT2D eigenvalue weighted by molar-refractivity contribution is -0.136. The molecule has 0 fully saturated rings. The number of methoxy groups -OCH3 is 1. The van der Waals surface area contributed by atoms with Crippen LogP contribution < -0.4 is 4.74 Å². The van der Waals surface area contributed by atoms with Gasteiger partial charge < -0.3 is 19.3 Å². The molecule has 0 saturated heterocycles. The van der Waals surface area contributed by atoms with Crippen molar-refractivity contribution in [3.63, 3.8) is 0 Å². The van der Waals surface area contributed by atoms with E-state index in [2.05, 4.69) is 20.5 Å². The molecular formula is C15H19BrN2O3. The van der Waals surface area contributed by atoms with Gasteiger partial charge >= 0.3 is 5.97 Å². The van der Waals surface area contributed by atoms with E-state index in [1.807, 2.05) is 38.2 Å². The van der Waals surface area contributed by atoms with Crippen LogP contribution in [0.5, 0.6) is 5.75 Å². The molecule has 0 aliphatic carbocycles. The molecule has 21 heavy (non-hydrogen) atoms. The highest BCUT2D eigenvalue weighted by atomic mass is 79.9. The molecule has 1 aromatic carbocycles. The van der Waals surface area contributed by atoms with Crippen LogP contribution in [0.4, 0.5) is 0 Å². The minimum Gasteiger partial charge on any atom is -0.496 e. The van der Waals surface area contributed by atoms with Crippen LogP contribution in [0, 0.1) is 0 Å². The number of fused-ring (bicyclic) bond motifs is 1. The number of halogens is 1. The predicted octanol–water partition coefficient (Wildman–Crippen LogP) is 2.64. The zero-order valence-electron chi connectivity index (χ0n) is 12.6. The molecule has 0 atom stereocenters. The zero-order chi connectivity index (χ0) is 15.7. The Morgan fingerprint density at radius 3 is 2.62 bits per heavy atom. The fraction of sp³-hybridized carbons (Fsp3) is 0.400. The summed E-state index contributed by atoms with van der Waals surface area (Å²) >= 11 is 3.55. The van der Waals surface area contributed by atoms with Crippen molar-refractivity contribution in [3.05, 3.63) is 27.9 Å². The summed E-state index contributed by atoms with van der Waals surface area (Å²) in [7, 11) is 7.51. The van der Waals surface area contributed by atoms with Gasteiger partial charge in [-0.05, 0) is 47.7 Å². The minimum absolute atomic E-state index is 0.00766. The van der Waals surface area contributed by atoms with Crippen molar-refractivity contribution in [2.75, 3.05) is 21.2 Å². The molecule has 1 N–H and O–H groups in total. The number of carboxylic acids is 1. The van der Waals surface area contributed by atoms with Crippen LogP contribution in [0.15, 0.2) is 16.6 Å². The second-order valence-electron chi connectivity index (χ2n) is 5.27. The van der Waals surface area contributed by atoms with Crippen molar-refractivity contribution in [1.29, 1.82) is 0 Å². The summed E-state index contributed by atoms with van der Waals surface area (Å²) in [5, 5.41) is 10.2. The maximum atomic E-state index is 11.3. The van der Waals surface area contributed by atoms with Gasteiger partial charge in [-0.1, -0.05) is 0 Å². The van der Waals surface area contributed by atoms with Crippen molar-refractivity contribution in [3.8, 4) is 5.75 Å². The van der Waals surface area contributed by atoms with Crippen LogP contribution in [0.2, 0.25) is 0 Å². The molecule has 0 unspecified atom stereocenters. The van der Waals surface area contributed by atoms with E-state index in [-0.39, 0.29) is 6.42 Å². The Morgan fingerprint density at radius 2 is 2.10 bits per heavy atom. The Morgan fingerprint density at radius 1 is 1.43 bits per heavy atom. The lowest BCUT2D eigenvalue weighted by Crippen LogP contribution is -2.15. The third-order valence-corrected chi connectivity index (χ3v) is 4.30. The lowest BCUT2D eigenvalue weighted by atomic mass is 10.1. The van der Waals surface area contributed by atoms with Gasteiger partial charge in [0.25, 0.3) is 0 Å². The number of rotatable bonds is 5. The summed E-state index contributed by atoms with van der Waals surface area (Å²) in [6.45, 7) is 0.683. The number of aromatic nitrogens is 1. The lowest BCUT2D eigenvalue weighted by Gasteiger charge is -2.12. The normalized spacial score (nSPS) is 11.3. The van der Waals surface area contributed by atoms with Crippen molar-refractivity contribution < 1.29 is 14.6 Å². The van der Waals surface area contributed by atoms with E-state index < -0.39 is 5.97 Å². The van der Waals surface area contributed by atoms with E-state index in [1.165, 1.54) is 0 Å². The fourth-order valence-electron chi connectivity index (χ4n) is 2.61. The molecule has 6 heteroatoms. The first-order valence-corrected chi connectivity index (χ1v) is 7.35. The quantitative estimate of drug-likeness (QED) is 0.896. The third-order valence-electron chi connectivity index (χ3n) is 3.51. The summed E-state index contributed by atoms with van der Waals surface area (Å²) in [6, 6.07) is 3.85. The summed E-state index contributed by atoms with van der Waals surface area (Å²) in [5.41, 5.74) is 2.83. The fourth-order valence-corrected chi connectivity index (χ4v) is 3.34. The van der Waals surface area contributed by atoms with Gasteiger partial charge in [0.05, 0.1) is 18.0 Å². The van der Waals surface area contributed by atoms with Gasteiger partial charge in [-0.15, -0.1) is 0 Å². The van der Waals surface area contributed by atoms with Crippen molar-refractivity contribution in [2.24, 2.45) is 7.05 Å². The number of hydrogen-bond acceptors (Lipinski definition) is 3. The molecule has 1 aromatic heterocycles. The average molecular weight is 355 g/mol. The predicted molar refractivity (Wildman–Crippen MR) is 85.9 cm³/mol. The highest BCUT2D eigenvalue weighted by Crippen LogP contribution is 2.38. The van der Waals surface area contributed by atoms with Crippen LogP contribution >= 0.6 is 15.9 Å². The number of carbonyl (C=O) groups is 1. The molecule has 1 heterocycles. The summed E-state index contributed by atoms with van der Waals surface area (Å²) in [6.07, 6.45) is -0.00766. The molecule has 0 bridgehead atoms. The maximum absolute atomic E-state index is 11.3. The molecule has 0 amide bonds. The number of nitrogens with zero attached hydrogens (tertiary/aromatic N) is 2. The Hall–Kier alpha value is -1.53. The van der Waals surface area contributed by atoms with Gasteiger partial charge in [-0.25, -0.2) is 0 Å². The van der Waals surface area contributed by atoms with Crippen LogP contribution in [-0.2, 0) is 24.8 Å². The molecular weight excluding hydrogens is 336 g/mol. The van der Waals surface area contributed by atoms with Gasteiger partial charge in [-0.2, -0.15) is 0 Å². The first-order valence-electron chi connectivity index (χ1n) is 6.56. The molecule has 2 rings (SSSR count). The van der Waals surface area contributed by atoms with Gasteiger partial charge in [0.2, 0.25) is 0 Å². The van der Waals surface area contributed by atoms with Crippen molar-refractivity contribution in [2.45, 2.75) is 13.0 Å². The second-order valence-corrected chi connectivity index (χ2v) is 6.06. The van der Waals surface area contributed by atoms with Crippen LogP contribution in [0.1, 0.15) is 11.3 Å². The van der Waals surface area contributed by atoms with Crippen LogP contribution in [0.3, 0.4) is 0 Å². The number of aliphatic carboxylic acids is 1. The van der Waals surface area contributed by atoms with E-state index in [1.54, 1.807) is 7.11 Å². The van der Waals surface area contributed by atoms with Gasteiger partial charge in [-0.3, -0.25) is 4.79 Å². The zero-order valence-corrected chi connectivity index (χ0v) is 14.2. The van der Waals surface area contributed by atoms with Crippen LogP contribution in [-0.4, -0.2) is 41.7 Å². The first kappa shape index (κ1) is 15.9. The average Bonchev–Trinajstić information content (AvgIpc) is 2.64.